The molecule has 13 nitrogen and oxygen atoms in total. The van der Waals surface area contributed by atoms with E-state index in [1.165, 1.54) is 0 Å². The molecule has 0 unspecified atom stereocenters. The molecular formula is C17H36Cl2N2O11. The molecule has 2 aliphatic rings. The first-order chi connectivity index (χ1) is 13.9. The van der Waals surface area contributed by atoms with Crippen molar-refractivity contribution in [3.8, 4) is 0 Å². The Balaban J connectivity index is 0.00000480. The van der Waals surface area contributed by atoms with Gasteiger partial charge in [-0.2, -0.15) is 0 Å². The van der Waals surface area contributed by atoms with Gasteiger partial charge in [-0.15, -0.1) is 24.8 Å². The first-order valence-corrected chi connectivity index (χ1v) is 9.79. The summed E-state index contributed by atoms with van der Waals surface area (Å²) < 4.78 is 0. The summed E-state index contributed by atoms with van der Waals surface area (Å²) in [6, 6.07) is -2.79. The molecule has 0 aliphatic heterocycles. The third-order valence-electron chi connectivity index (χ3n) is 6.26. The molecule has 0 aromatic heterocycles. The smallest absolute Gasteiger partial charge is 0.118 e. The second-order valence-corrected chi connectivity index (χ2v) is 8.45. The number of aliphatic hydroxyl groups excluding tert-OH is 9. The number of rotatable bonds is 8. The lowest BCUT2D eigenvalue weighted by Gasteiger charge is -2.47. The Labute approximate surface area is 197 Å². The van der Waals surface area contributed by atoms with Crippen LogP contribution in [0.3, 0.4) is 0 Å². The minimum Gasteiger partial charge on any atom is -0.395 e. The predicted molar refractivity (Wildman–Crippen MR) is 113 cm³/mol. The molecule has 0 amide bonds. The molecule has 0 bridgehead atoms. The highest BCUT2D eigenvalue weighted by atomic mass is 35.5. The molecule has 0 saturated heterocycles. The fourth-order valence-corrected chi connectivity index (χ4v) is 4.17. The Hall–Kier alpha value is 0.0600. The van der Waals surface area contributed by atoms with Crippen LogP contribution in [-0.4, -0.2) is 148 Å². The number of nitrogens with one attached hydrogen (secondary N) is 2. The van der Waals surface area contributed by atoms with E-state index >= 15 is 0 Å². The average molecular weight is 515 g/mol. The van der Waals surface area contributed by atoms with E-state index < -0.39 is 85.8 Å². The second-order valence-electron chi connectivity index (χ2n) is 8.45. The van der Waals surface area contributed by atoms with Crippen molar-refractivity contribution in [2.45, 2.75) is 78.8 Å². The van der Waals surface area contributed by atoms with Crippen molar-refractivity contribution in [1.29, 1.82) is 0 Å². The summed E-state index contributed by atoms with van der Waals surface area (Å²) in [6.07, 6.45) is -10.7. The molecule has 11 atom stereocenters. The van der Waals surface area contributed by atoms with Crippen LogP contribution in [0.25, 0.3) is 0 Å². The molecule has 2 fully saturated rings. The number of aliphatic hydroxyl groups is 11. The van der Waals surface area contributed by atoms with Gasteiger partial charge in [-0.25, -0.2) is 0 Å². The quantitative estimate of drug-likeness (QED) is 0.144. The summed E-state index contributed by atoms with van der Waals surface area (Å²) in [5, 5.41) is 114. The monoisotopic (exact) mass is 514 g/mol. The molecule has 0 spiro atoms. The highest BCUT2D eigenvalue weighted by molar-refractivity contribution is 5.85. The van der Waals surface area contributed by atoms with E-state index in [2.05, 4.69) is 10.6 Å². The average Bonchev–Trinajstić information content (AvgIpc) is 2.74. The van der Waals surface area contributed by atoms with E-state index in [9.17, 15) is 56.2 Å². The Bertz CT molecular complexity index is 571. The Kier molecular flexibility index (Phi) is 12.7. The molecule has 2 aliphatic carbocycles. The lowest BCUT2D eigenvalue weighted by Crippen LogP contribution is -2.69. The molecule has 0 aromatic rings. The van der Waals surface area contributed by atoms with Gasteiger partial charge in [-0.3, -0.25) is 0 Å². The summed E-state index contributed by atoms with van der Waals surface area (Å²) in [4.78, 5) is 0. The van der Waals surface area contributed by atoms with E-state index in [0.717, 1.165) is 0 Å². The van der Waals surface area contributed by atoms with Crippen LogP contribution in [0.1, 0.15) is 12.8 Å². The van der Waals surface area contributed by atoms with Gasteiger partial charge in [0.2, 0.25) is 0 Å². The van der Waals surface area contributed by atoms with Gasteiger partial charge in [0.15, 0.2) is 0 Å². The molecular weight excluding hydrogens is 479 g/mol. The largest absolute Gasteiger partial charge is 0.395 e. The van der Waals surface area contributed by atoms with Gasteiger partial charge in [0, 0.05) is 24.7 Å². The van der Waals surface area contributed by atoms with Gasteiger partial charge in [0.05, 0.1) is 32.0 Å². The predicted octanol–water partition coefficient (Wildman–Crippen LogP) is -6.47. The van der Waals surface area contributed by atoms with Crippen LogP contribution in [0.4, 0.5) is 0 Å². The van der Waals surface area contributed by atoms with Crippen LogP contribution in [0.15, 0.2) is 0 Å². The van der Waals surface area contributed by atoms with Crippen LogP contribution < -0.4 is 10.6 Å². The first-order valence-electron chi connectivity index (χ1n) is 9.79. The van der Waals surface area contributed by atoms with Crippen LogP contribution in [-0.2, 0) is 0 Å². The zero-order valence-electron chi connectivity index (χ0n) is 17.2. The van der Waals surface area contributed by atoms with Crippen LogP contribution in [0.5, 0.6) is 0 Å². The maximum atomic E-state index is 10.3. The summed E-state index contributed by atoms with van der Waals surface area (Å²) >= 11 is 0. The van der Waals surface area contributed by atoms with Crippen LogP contribution >= 0.6 is 24.8 Å². The number of hydrogen-bond donors (Lipinski definition) is 13. The zero-order valence-corrected chi connectivity index (χ0v) is 18.8. The summed E-state index contributed by atoms with van der Waals surface area (Å²) in [5.74, 6) is 0. The van der Waals surface area contributed by atoms with E-state index in [4.69, 9.17) is 0 Å². The van der Waals surface area contributed by atoms with Crippen LogP contribution in [0, 0.1) is 0 Å². The Morgan fingerprint density at radius 3 is 1.50 bits per heavy atom. The van der Waals surface area contributed by atoms with Crippen molar-refractivity contribution in [1.82, 2.24) is 10.6 Å². The van der Waals surface area contributed by atoms with Crippen molar-refractivity contribution in [3.63, 3.8) is 0 Å². The lowest BCUT2D eigenvalue weighted by atomic mass is 9.76. The first kappa shape index (κ1) is 32.1. The van der Waals surface area contributed by atoms with E-state index in [1.807, 2.05) is 0 Å². The zero-order chi connectivity index (χ0) is 22.9. The van der Waals surface area contributed by atoms with Gasteiger partial charge >= 0.3 is 0 Å². The lowest BCUT2D eigenvalue weighted by molar-refractivity contribution is -0.208. The molecule has 0 radical (unpaired) electrons. The van der Waals surface area contributed by atoms with Crippen molar-refractivity contribution >= 4 is 24.8 Å². The maximum Gasteiger partial charge on any atom is 0.118 e. The third-order valence-corrected chi connectivity index (χ3v) is 6.26. The molecule has 194 valence electrons. The third kappa shape index (κ3) is 6.38. The van der Waals surface area contributed by atoms with Gasteiger partial charge in [-0.05, 0) is 12.8 Å². The van der Waals surface area contributed by atoms with E-state index in [1.54, 1.807) is 0 Å². The number of halogens is 2. The summed E-state index contributed by atoms with van der Waals surface area (Å²) in [5.41, 5.74) is -4.11. The van der Waals surface area contributed by atoms with E-state index in [0.29, 0.717) is 0 Å². The Morgan fingerprint density at radius 1 is 0.688 bits per heavy atom. The van der Waals surface area contributed by atoms with Crippen molar-refractivity contribution in [2.75, 3.05) is 26.4 Å². The normalized spacial score (nSPS) is 45.5. The highest BCUT2D eigenvalue weighted by Crippen LogP contribution is 2.31. The molecule has 2 rings (SSSR count). The van der Waals surface area contributed by atoms with Gasteiger partial charge in [-0.1, -0.05) is 0 Å². The molecule has 13 N–H and O–H groups in total. The van der Waals surface area contributed by atoms with Crippen molar-refractivity contribution in [3.05, 3.63) is 0 Å². The topological polar surface area (TPSA) is 247 Å². The maximum absolute atomic E-state index is 10.3. The van der Waals surface area contributed by atoms with Crippen LogP contribution in [0.2, 0.25) is 0 Å². The van der Waals surface area contributed by atoms with Gasteiger partial charge in [0.1, 0.15) is 35.6 Å². The van der Waals surface area contributed by atoms with Gasteiger partial charge < -0.3 is 66.8 Å². The molecule has 32 heavy (non-hydrogen) atoms. The fourth-order valence-electron chi connectivity index (χ4n) is 4.17. The SMILES string of the molecule is Cl.Cl.OC[C@H](CN[C@H]1C[C@](O)(CO)[C@@H](O)[C@H](O)[C@H]1O)N[C@H]1C[C@](O)(CO)[C@@H](O)[C@H](O)[C@H]1O. The summed E-state index contributed by atoms with van der Waals surface area (Å²) in [6.45, 7) is -2.30. The highest BCUT2D eigenvalue weighted by Gasteiger charge is 2.52. The molecule has 0 heterocycles. The second kappa shape index (κ2) is 12.7. The summed E-state index contributed by atoms with van der Waals surface area (Å²) in [7, 11) is 0. The number of hydrogen-bond acceptors (Lipinski definition) is 13. The van der Waals surface area contributed by atoms with Crippen molar-refractivity contribution < 1.29 is 56.2 Å². The Morgan fingerprint density at radius 2 is 1.09 bits per heavy atom. The molecule has 15 heteroatoms. The van der Waals surface area contributed by atoms with Gasteiger partial charge in [0.25, 0.3) is 0 Å². The standard InChI is InChI=1S/C17H34N2O11.2ClH/c20-4-7(19-9-2-17(30,6-22)15(28)13(26)11(9)24)3-18-8-1-16(29,5-21)14(27)12(25)10(8)23;;/h7-15,18-30H,1-6H2;2*1H/t7-,8-,9-,10-,11-,12+,13+,14-,15-,16-,17-;;/m0../s1. The molecule has 0 aromatic carbocycles. The minimum atomic E-state index is -2.07. The minimum absolute atomic E-state index is 0. The molecule has 2 saturated carbocycles. The van der Waals surface area contributed by atoms with Crippen molar-refractivity contribution in [2.24, 2.45) is 0 Å². The fraction of sp³-hybridized carbons (Fsp3) is 1.00. The van der Waals surface area contributed by atoms with E-state index in [-0.39, 0.29) is 44.2 Å².